The Morgan fingerprint density at radius 3 is 2.70 bits per heavy atom. The van der Waals surface area contributed by atoms with Gasteiger partial charge in [0.2, 0.25) is 0 Å². The normalized spacial score (nSPS) is 23.4. The van der Waals surface area contributed by atoms with Crippen LogP contribution in [-0.2, 0) is 0 Å². The van der Waals surface area contributed by atoms with Gasteiger partial charge in [-0.05, 0) is 37.5 Å². The Kier molecular flexibility index (Phi) is 4.68. The molecule has 0 heterocycles. The van der Waals surface area contributed by atoms with E-state index in [1.54, 1.807) is 18.2 Å². The molecule has 0 radical (unpaired) electrons. The minimum atomic E-state index is -4.11. The van der Waals surface area contributed by atoms with Crippen molar-refractivity contribution >= 4 is 17.3 Å². The average Bonchev–Trinajstić information content (AvgIpc) is 2.38. The second kappa shape index (κ2) is 6.12. The van der Waals surface area contributed by atoms with Gasteiger partial charge in [0.05, 0.1) is 18.7 Å². The van der Waals surface area contributed by atoms with Gasteiger partial charge >= 0.3 is 6.18 Å². The summed E-state index contributed by atoms with van der Waals surface area (Å²) in [6, 6.07) is 4.86. The lowest BCUT2D eigenvalue weighted by Crippen LogP contribution is -2.34. The quantitative estimate of drug-likeness (QED) is 0.859. The van der Waals surface area contributed by atoms with Gasteiger partial charge in [-0.2, -0.15) is 13.2 Å². The third kappa shape index (κ3) is 3.72. The van der Waals surface area contributed by atoms with Gasteiger partial charge in [0.1, 0.15) is 5.75 Å². The van der Waals surface area contributed by atoms with Crippen LogP contribution in [0.25, 0.3) is 0 Å². The molecule has 0 saturated heterocycles. The molecule has 2 nitrogen and oxygen atoms in total. The number of halogens is 4. The number of methoxy groups -OCH3 is 1. The van der Waals surface area contributed by atoms with E-state index >= 15 is 0 Å². The van der Waals surface area contributed by atoms with E-state index in [4.69, 9.17) is 16.3 Å². The Bertz CT molecular complexity index is 464. The van der Waals surface area contributed by atoms with E-state index in [2.05, 4.69) is 5.32 Å². The summed E-state index contributed by atoms with van der Waals surface area (Å²) < 4.78 is 43.6. The van der Waals surface area contributed by atoms with Crippen molar-refractivity contribution in [3.8, 4) is 5.75 Å². The van der Waals surface area contributed by atoms with Crippen LogP contribution >= 0.6 is 11.6 Å². The van der Waals surface area contributed by atoms with Crippen LogP contribution in [0.2, 0.25) is 5.02 Å². The summed E-state index contributed by atoms with van der Waals surface area (Å²) in [6.07, 6.45) is -2.50. The highest BCUT2D eigenvalue weighted by Crippen LogP contribution is 2.39. The molecule has 1 N–H and O–H groups in total. The number of nitrogens with one attached hydrogen (secondary N) is 1. The maximum atomic E-state index is 12.8. The monoisotopic (exact) mass is 307 g/mol. The van der Waals surface area contributed by atoms with Crippen molar-refractivity contribution in [3.05, 3.63) is 23.2 Å². The topological polar surface area (TPSA) is 21.3 Å². The van der Waals surface area contributed by atoms with E-state index in [0.29, 0.717) is 22.9 Å². The summed E-state index contributed by atoms with van der Waals surface area (Å²) in [5.41, 5.74) is 0.646. The van der Waals surface area contributed by atoms with E-state index < -0.39 is 12.1 Å². The SMILES string of the molecule is COc1ccc(Cl)cc1NC1CCCC(C(F)(F)F)C1. The predicted octanol–water partition coefficient (Wildman–Crippen LogP) is 4.88. The first-order chi connectivity index (χ1) is 9.40. The molecular weight excluding hydrogens is 291 g/mol. The van der Waals surface area contributed by atoms with Gasteiger partial charge in [0.15, 0.2) is 0 Å². The lowest BCUT2D eigenvalue weighted by Gasteiger charge is -2.32. The highest BCUT2D eigenvalue weighted by Gasteiger charge is 2.42. The highest BCUT2D eigenvalue weighted by atomic mass is 35.5. The molecule has 0 aromatic heterocycles. The Morgan fingerprint density at radius 1 is 1.30 bits per heavy atom. The van der Waals surface area contributed by atoms with Crippen LogP contribution in [0.15, 0.2) is 18.2 Å². The maximum Gasteiger partial charge on any atom is 0.391 e. The van der Waals surface area contributed by atoms with Crippen molar-refractivity contribution in [2.45, 2.75) is 37.9 Å². The van der Waals surface area contributed by atoms with Crippen LogP contribution in [0.1, 0.15) is 25.7 Å². The third-order valence-electron chi connectivity index (χ3n) is 3.66. The first-order valence-corrected chi connectivity index (χ1v) is 6.94. The fourth-order valence-corrected chi connectivity index (χ4v) is 2.80. The van der Waals surface area contributed by atoms with Crippen molar-refractivity contribution in [3.63, 3.8) is 0 Å². The van der Waals surface area contributed by atoms with E-state index in [0.717, 1.165) is 6.42 Å². The molecule has 1 fully saturated rings. The number of hydrogen-bond donors (Lipinski definition) is 1. The Labute approximate surface area is 121 Å². The van der Waals surface area contributed by atoms with Crippen LogP contribution in [0.4, 0.5) is 18.9 Å². The van der Waals surface area contributed by atoms with Crippen LogP contribution in [0, 0.1) is 5.92 Å². The van der Waals surface area contributed by atoms with Crippen molar-refractivity contribution in [2.75, 3.05) is 12.4 Å². The lowest BCUT2D eigenvalue weighted by atomic mass is 9.85. The number of hydrogen-bond acceptors (Lipinski definition) is 2. The molecule has 1 aromatic rings. The zero-order valence-corrected chi connectivity index (χ0v) is 11.9. The van der Waals surface area contributed by atoms with Gasteiger partial charge in [-0.15, -0.1) is 0 Å². The van der Waals surface area contributed by atoms with Crippen molar-refractivity contribution < 1.29 is 17.9 Å². The Balaban J connectivity index is 2.08. The van der Waals surface area contributed by atoms with Crippen molar-refractivity contribution in [1.29, 1.82) is 0 Å². The molecule has 0 spiro atoms. The largest absolute Gasteiger partial charge is 0.495 e. The fourth-order valence-electron chi connectivity index (χ4n) is 2.63. The van der Waals surface area contributed by atoms with Crippen LogP contribution in [-0.4, -0.2) is 19.3 Å². The summed E-state index contributed by atoms with van der Waals surface area (Å²) in [5.74, 6) is -0.637. The van der Waals surface area contributed by atoms with Crippen molar-refractivity contribution in [2.24, 2.45) is 5.92 Å². The second-order valence-corrected chi connectivity index (χ2v) is 5.53. The molecule has 1 aliphatic carbocycles. The highest BCUT2D eigenvalue weighted by molar-refractivity contribution is 6.30. The molecule has 2 unspecified atom stereocenters. The van der Waals surface area contributed by atoms with E-state index in [1.165, 1.54) is 7.11 Å². The van der Waals surface area contributed by atoms with Crippen molar-refractivity contribution in [1.82, 2.24) is 0 Å². The Morgan fingerprint density at radius 2 is 2.05 bits per heavy atom. The Hall–Kier alpha value is -1.10. The average molecular weight is 308 g/mol. The first-order valence-electron chi connectivity index (χ1n) is 6.57. The second-order valence-electron chi connectivity index (χ2n) is 5.09. The predicted molar refractivity (Wildman–Crippen MR) is 73.4 cm³/mol. The van der Waals surface area contributed by atoms with Gasteiger partial charge in [0.25, 0.3) is 0 Å². The molecule has 6 heteroatoms. The molecule has 1 aromatic carbocycles. The number of anilines is 1. The molecule has 2 rings (SSSR count). The number of rotatable bonds is 3. The molecule has 1 aliphatic rings. The molecule has 20 heavy (non-hydrogen) atoms. The zero-order chi connectivity index (χ0) is 14.8. The molecule has 1 saturated carbocycles. The molecule has 0 bridgehead atoms. The fraction of sp³-hybridized carbons (Fsp3) is 0.571. The van der Waals surface area contributed by atoms with E-state index in [9.17, 15) is 13.2 Å². The molecule has 0 amide bonds. The van der Waals surface area contributed by atoms with E-state index in [-0.39, 0.29) is 18.9 Å². The van der Waals surface area contributed by atoms with Gasteiger partial charge in [0, 0.05) is 11.1 Å². The third-order valence-corrected chi connectivity index (χ3v) is 3.89. The summed E-state index contributed by atoms with van der Waals surface area (Å²) >= 11 is 5.92. The summed E-state index contributed by atoms with van der Waals surface area (Å²) in [7, 11) is 1.52. The zero-order valence-electron chi connectivity index (χ0n) is 11.1. The van der Waals surface area contributed by atoms with Crippen LogP contribution in [0.5, 0.6) is 5.75 Å². The van der Waals surface area contributed by atoms with Gasteiger partial charge in [-0.25, -0.2) is 0 Å². The van der Waals surface area contributed by atoms with Gasteiger partial charge in [-0.1, -0.05) is 18.0 Å². The minimum absolute atomic E-state index is 0.0964. The lowest BCUT2D eigenvalue weighted by molar-refractivity contribution is -0.182. The first kappa shape index (κ1) is 15.3. The number of alkyl halides is 3. The van der Waals surface area contributed by atoms with Crippen LogP contribution < -0.4 is 10.1 Å². The molecule has 0 aliphatic heterocycles. The van der Waals surface area contributed by atoms with Gasteiger partial charge in [-0.3, -0.25) is 0 Å². The molecule has 112 valence electrons. The van der Waals surface area contributed by atoms with Crippen LogP contribution in [0.3, 0.4) is 0 Å². The number of ether oxygens (including phenoxy) is 1. The smallest absolute Gasteiger partial charge is 0.391 e. The summed E-state index contributed by atoms with van der Waals surface area (Å²) in [5, 5.41) is 3.66. The standard InChI is InChI=1S/C14H17ClF3NO/c1-20-13-6-5-10(15)8-12(13)19-11-4-2-3-9(7-11)14(16,17)18/h5-6,8-9,11,19H,2-4,7H2,1H3. The van der Waals surface area contributed by atoms with E-state index in [1.807, 2.05) is 0 Å². The maximum absolute atomic E-state index is 12.8. The molecular formula is C14H17ClF3NO. The summed E-state index contributed by atoms with van der Waals surface area (Å²) in [4.78, 5) is 0. The summed E-state index contributed by atoms with van der Waals surface area (Å²) in [6.45, 7) is 0. The number of benzene rings is 1. The minimum Gasteiger partial charge on any atom is -0.495 e. The molecule has 2 atom stereocenters. The van der Waals surface area contributed by atoms with Gasteiger partial charge < -0.3 is 10.1 Å².